The van der Waals surface area contributed by atoms with Gasteiger partial charge in [0.05, 0.1) is 29.5 Å². The molecule has 3 saturated heterocycles. The van der Waals surface area contributed by atoms with E-state index < -0.39 is 65.9 Å². The van der Waals surface area contributed by atoms with Crippen molar-refractivity contribution in [3.05, 3.63) is 63.2 Å². The highest BCUT2D eigenvalue weighted by atomic mass is 16.7. The van der Waals surface area contributed by atoms with Crippen molar-refractivity contribution in [2.24, 2.45) is 0 Å². The van der Waals surface area contributed by atoms with Gasteiger partial charge in [0.15, 0.2) is 29.4 Å². The van der Waals surface area contributed by atoms with Gasteiger partial charge < -0.3 is 29.2 Å². The molecule has 8 atom stereocenters. The van der Waals surface area contributed by atoms with Gasteiger partial charge in [-0.2, -0.15) is 0 Å². The minimum Gasteiger partial charge on any atom is -0.507 e. The molecule has 2 aliphatic carbocycles. The molecule has 0 bridgehead atoms. The lowest BCUT2D eigenvalue weighted by atomic mass is 9.73. The third-order valence-corrected chi connectivity index (χ3v) is 8.98. The summed E-state index contributed by atoms with van der Waals surface area (Å²) < 4.78 is 24.3. The fourth-order valence-corrected chi connectivity index (χ4v) is 7.01. The fraction of sp³-hybridized carbons (Fsp3) is 0.484. The number of carbonyl (C=O) groups is 4. The number of Topliss-reactive ketones (excluding diaryl/α,β-unsaturated/α-hetero) is 2. The molecule has 3 aliphatic heterocycles. The first kappa shape index (κ1) is 26.6. The van der Waals surface area contributed by atoms with E-state index in [9.17, 15) is 29.4 Å². The SMILES string of the molecule is C[C@@H]1O[C@H]2O[C@@H]3[C@@H](C)O[C@@H](c4ccc5c(c4O)C(=O)c4ccc6c(c4C5=O)C(=O)C[C@](C)(O)C6)C[C@H]3O[C@H]2CC1=O. The Labute approximate surface area is 235 Å². The van der Waals surface area contributed by atoms with Crippen LogP contribution < -0.4 is 0 Å². The molecule has 0 unspecified atom stereocenters. The maximum atomic E-state index is 13.7. The number of ketones is 4. The first-order valence-electron chi connectivity index (χ1n) is 13.9. The smallest absolute Gasteiger partial charge is 0.198 e. The van der Waals surface area contributed by atoms with Gasteiger partial charge in [0.25, 0.3) is 0 Å². The summed E-state index contributed by atoms with van der Waals surface area (Å²) in [6.45, 7) is 5.07. The number of fused-ring (bicyclic) bond motifs is 6. The Hall–Kier alpha value is -3.28. The summed E-state index contributed by atoms with van der Waals surface area (Å²) in [5, 5.41) is 21.9. The average Bonchev–Trinajstić information content (AvgIpc) is 2.90. The molecular formula is C31H30O10. The van der Waals surface area contributed by atoms with Crippen molar-refractivity contribution >= 4 is 23.1 Å². The van der Waals surface area contributed by atoms with E-state index in [1.54, 1.807) is 26.0 Å². The molecule has 214 valence electrons. The van der Waals surface area contributed by atoms with Gasteiger partial charge in [-0.1, -0.05) is 12.1 Å². The Morgan fingerprint density at radius 1 is 0.829 bits per heavy atom. The number of phenolic OH excluding ortho intramolecular Hbond substituents is 1. The van der Waals surface area contributed by atoms with E-state index in [1.807, 2.05) is 6.92 Å². The minimum atomic E-state index is -1.23. The summed E-state index contributed by atoms with van der Waals surface area (Å²) in [4.78, 5) is 52.6. The largest absolute Gasteiger partial charge is 0.507 e. The van der Waals surface area contributed by atoms with E-state index in [1.165, 1.54) is 12.1 Å². The molecule has 0 aromatic heterocycles. The second kappa shape index (κ2) is 9.11. The fourth-order valence-electron chi connectivity index (χ4n) is 7.01. The second-order valence-corrected chi connectivity index (χ2v) is 12.1. The Kier molecular flexibility index (Phi) is 5.91. The van der Waals surface area contributed by atoms with Crippen LogP contribution in [0.1, 0.15) is 99.5 Å². The van der Waals surface area contributed by atoms with Gasteiger partial charge in [0.2, 0.25) is 0 Å². The van der Waals surface area contributed by atoms with Crippen LogP contribution in [0.4, 0.5) is 0 Å². The molecule has 41 heavy (non-hydrogen) atoms. The highest BCUT2D eigenvalue weighted by Crippen LogP contribution is 2.46. The van der Waals surface area contributed by atoms with Crippen molar-refractivity contribution in [1.29, 1.82) is 0 Å². The Morgan fingerprint density at radius 3 is 2.32 bits per heavy atom. The predicted octanol–water partition coefficient (Wildman–Crippen LogP) is 2.75. The molecule has 3 heterocycles. The standard InChI is InChI=1S/C31H30O10/c1-12-18(32)8-22-30(39-12)41-29-13(2)38-20(9-21(29)40-22)15-6-7-17-25(26(15)34)28(36)16-5-4-14-10-31(3,37)11-19(33)23(14)24(16)27(17)35/h4-7,12-13,20-22,29-30,34,37H,8-11H2,1-3H3/t12-,13+,20+,21+,22-,29+,30-,31+/m0/s1. The van der Waals surface area contributed by atoms with Gasteiger partial charge in [-0.15, -0.1) is 0 Å². The molecule has 0 radical (unpaired) electrons. The Balaban J connectivity index is 1.21. The van der Waals surface area contributed by atoms with Crippen LogP contribution in [0.15, 0.2) is 24.3 Å². The van der Waals surface area contributed by atoms with Crippen LogP contribution in [0.25, 0.3) is 0 Å². The molecule has 2 N–H and O–H groups in total. The van der Waals surface area contributed by atoms with E-state index in [-0.39, 0.29) is 65.0 Å². The number of carbonyl (C=O) groups excluding carboxylic acids is 4. The number of aromatic hydroxyl groups is 1. The van der Waals surface area contributed by atoms with Crippen LogP contribution in [-0.4, -0.2) is 75.8 Å². The lowest BCUT2D eigenvalue weighted by Crippen LogP contribution is -2.60. The Morgan fingerprint density at radius 2 is 1.54 bits per heavy atom. The molecule has 0 amide bonds. The summed E-state index contributed by atoms with van der Waals surface area (Å²) >= 11 is 0. The van der Waals surface area contributed by atoms with Crippen LogP contribution >= 0.6 is 0 Å². The topological polar surface area (TPSA) is 146 Å². The molecule has 10 heteroatoms. The summed E-state index contributed by atoms with van der Waals surface area (Å²) in [5.74, 6) is -1.89. The first-order valence-corrected chi connectivity index (χ1v) is 13.9. The van der Waals surface area contributed by atoms with Crippen molar-refractivity contribution < 1.29 is 48.3 Å². The van der Waals surface area contributed by atoms with Gasteiger partial charge in [0, 0.05) is 53.5 Å². The molecule has 5 aliphatic rings. The number of rotatable bonds is 1. The quantitative estimate of drug-likeness (QED) is 0.454. The number of benzene rings is 2. The summed E-state index contributed by atoms with van der Waals surface area (Å²) in [7, 11) is 0. The van der Waals surface area contributed by atoms with Crippen LogP contribution in [0.2, 0.25) is 0 Å². The molecule has 10 nitrogen and oxygen atoms in total. The molecule has 2 aromatic carbocycles. The number of hydrogen-bond donors (Lipinski definition) is 2. The highest BCUT2D eigenvalue weighted by molar-refractivity contribution is 6.32. The molecular weight excluding hydrogens is 532 g/mol. The first-order chi connectivity index (χ1) is 19.4. The molecule has 7 rings (SSSR count). The van der Waals surface area contributed by atoms with Crippen molar-refractivity contribution in [3.63, 3.8) is 0 Å². The molecule has 0 saturated carbocycles. The number of phenols is 1. The van der Waals surface area contributed by atoms with Gasteiger partial charge in [-0.3, -0.25) is 19.2 Å². The zero-order valence-corrected chi connectivity index (χ0v) is 22.8. The van der Waals surface area contributed by atoms with Crippen molar-refractivity contribution in [3.8, 4) is 5.75 Å². The van der Waals surface area contributed by atoms with Crippen LogP contribution in [0.5, 0.6) is 5.75 Å². The summed E-state index contributed by atoms with van der Waals surface area (Å²) in [5.41, 5.74) is -0.250. The maximum Gasteiger partial charge on any atom is 0.198 e. The van der Waals surface area contributed by atoms with E-state index in [0.717, 1.165) is 0 Å². The zero-order chi connectivity index (χ0) is 29.0. The van der Waals surface area contributed by atoms with E-state index in [4.69, 9.17) is 18.9 Å². The Bertz CT molecular complexity index is 1540. The van der Waals surface area contributed by atoms with Crippen molar-refractivity contribution in [2.45, 2.75) is 95.0 Å². The van der Waals surface area contributed by atoms with Crippen LogP contribution in [0, 0.1) is 0 Å². The van der Waals surface area contributed by atoms with Gasteiger partial charge in [-0.05, 0) is 38.5 Å². The third kappa shape index (κ3) is 4.04. The summed E-state index contributed by atoms with van der Waals surface area (Å²) in [6, 6.07) is 6.13. The van der Waals surface area contributed by atoms with Crippen LogP contribution in [-0.2, 0) is 30.2 Å². The highest BCUT2D eigenvalue weighted by Gasteiger charge is 2.50. The van der Waals surface area contributed by atoms with Gasteiger partial charge >= 0.3 is 0 Å². The monoisotopic (exact) mass is 562 g/mol. The van der Waals surface area contributed by atoms with Crippen molar-refractivity contribution in [1.82, 2.24) is 0 Å². The molecule has 0 spiro atoms. The van der Waals surface area contributed by atoms with E-state index in [2.05, 4.69) is 0 Å². The minimum absolute atomic E-state index is 0.0103. The number of ether oxygens (including phenoxy) is 4. The number of hydrogen-bond acceptors (Lipinski definition) is 10. The predicted molar refractivity (Wildman–Crippen MR) is 140 cm³/mol. The van der Waals surface area contributed by atoms with E-state index in [0.29, 0.717) is 11.1 Å². The number of aliphatic hydroxyl groups is 1. The van der Waals surface area contributed by atoms with Crippen molar-refractivity contribution in [2.75, 3.05) is 0 Å². The lowest BCUT2D eigenvalue weighted by molar-refractivity contribution is -0.347. The van der Waals surface area contributed by atoms with Crippen LogP contribution in [0.3, 0.4) is 0 Å². The third-order valence-electron chi connectivity index (χ3n) is 8.98. The summed E-state index contributed by atoms with van der Waals surface area (Å²) in [6.07, 6.45) is -3.31. The normalized spacial score (nSPS) is 36.1. The van der Waals surface area contributed by atoms with Gasteiger partial charge in [-0.25, -0.2) is 0 Å². The zero-order valence-electron chi connectivity index (χ0n) is 22.8. The lowest BCUT2D eigenvalue weighted by Gasteiger charge is -2.49. The average molecular weight is 563 g/mol. The second-order valence-electron chi connectivity index (χ2n) is 12.1. The van der Waals surface area contributed by atoms with Gasteiger partial charge in [0.1, 0.15) is 24.1 Å². The molecule has 2 aromatic rings. The van der Waals surface area contributed by atoms with E-state index >= 15 is 0 Å². The molecule has 3 fully saturated rings. The maximum absolute atomic E-state index is 13.7.